The number of para-hydroxylation sites is 1. The first-order chi connectivity index (χ1) is 8.86. The number of benzene rings is 1. The quantitative estimate of drug-likeness (QED) is 0.263. The summed E-state index contributed by atoms with van der Waals surface area (Å²) in [6.07, 6.45) is 8.16. The third-order valence-corrected chi connectivity index (χ3v) is 3.37. The van der Waals surface area contributed by atoms with Crippen molar-refractivity contribution in [3.63, 3.8) is 0 Å². The van der Waals surface area contributed by atoms with Gasteiger partial charge in [-0.15, -0.1) is 0 Å². The molecule has 0 aliphatic heterocycles. The number of ether oxygens (including phenoxy) is 1. The molecule has 1 aliphatic rings. The Balaban J connectivity index is 1.70. The summed E-state index contributed by atoms with van der Waals surface area (Å²) < 4.78 is 6.69. The van der Waals surface area contributed by atoms with Gasteiger partial charge in [-0.3, -0.25) is 0 Å². The van der Waals surface area contributed by atoms with Gasteiger partial charge in [0.25, 0.3) is 0 Å². The molecule has 18 heavy (non-hydrogen) atoms. The molecule has 1 aromatic rings. The van der Waals surface area contributed by atoms with Gasteiger partial charge in [0.15, 0.2) is 12.3 Å². The second-order valence-electron chi connectivity index (χ2n) is 4.78. The minimum Gasteiger partial charge on any atom is -0.624 e. The van der Waals surface area contributed by atoms with Crippen LogP contribution in [-0.2, 0) is 0 Å². The second-order valence-corrected chi connectivity index (χ2v) is 4.78. The minimum atomic E-state index is 0.204. The molecule has 0 aromatic heterocycles. The topological polar surface area (TPSA) is 35.3 Å². The molecule has 0 saturated heterocycles. The molecular weight excluding hydrogens is 226 g/mol. The number of nitrogens with zero attached hydrogens (tertiary/aromatic N) is 1. The van der Waals surface area contributed by atoms with Crippen molar-refractivity contribution in [2.75, 3.05) is 6.61 Å². The standard InChI is InChI=1S/C15H21NO2/c17-16(14-8-3-1-4-9-14)12-7-13-18-15-10-5-2-6-11-15/h2,5-6,10-12,14H,1,3-4,7-9,13H2. The van der Waals surface area contributed by atoms with Gasteiger partial charge in [-0.2, -0.15) is 0 Å². The van der Waals surface area contributed by atoms with Gasteiger partial charge < -0.3 is 9.94 Å². The molecule has 0 spiro atoms. The van der Waals surface area contributed by atoms with Gasteiger partial charge in [0.05, 0.1) is 13.0 Å². The predicted molar refractivity (Wildman–Crippen MR) is 73.1 cm³/mol. The largest absolute Gasteiger partial charge is 0.624 e. The summed E-state index contributed by atoms with van der Waals surface area (Å²) in [5, 5.41) is 11.8. The van der Waals surface area contributed by atoms with Crippen LogP contribution in [0.4, 0.5) is 0 Å². The normalized spacial score (nSPS) is 17.7. The summed E-state index contributed by atoms with van der Waals surface area (Å²) in [5.41, 5.74) is 0. The van der Waals surface area contributed by atoms with Crippen molar-refractivity contribution in [2.24, 2.45) is 0 Å². The Labute approximate surface area is 109 Å². The Morgan fingerprint density at radius 1 is 1.17 bits per heavy atom. The average Bonchev–Trinajstić information content (AvgIpc) is 2.45. The summed E-state index contributed by atoms with van der Waals surface area (Å²) in [4.78, 5) is 0. The highest BCUT2D eigenvalue weighted by atomic mass is 16.5. The van der Waals surface area contributed by atoms with Crippen molar-refractivity contribution < 1.29 is 9.48 Å². The van der Waals surface area contributed by atoms with Gasteiger partial charge in [0.1, 0.15) is 5.75 Å². The molecule has 0 N–H and O–H groups in total. The summed E-state index contributed by atoms with van der Waals surface area (Å²) in [7, 11) is 0. The minimum absolute atomic E-state index is 0.204. The molecule has 3 nitrogen and oxygen atoms in total. The molecule has 0 radical (unpaired) electrons. The summed E-state index contributed by atoms with van der Waals surface area (Å²) in [5.74, 6) is 0.862. The SMILES string of the molecule is [O-][N+](=CCCOc1ccccc1)C1CCCCC1. The van der Waals surface area contributed by atoms with Crippen LogP contribution >= 0.6 is 0 Å². The van der Waals surface area contributed by atoms with E-state index >= 15 is 0 Å². The van der Waals surface area contributed by atoms with Crippen LogP contribution in [0.3, 0.4) is 0 Å². The maximum atomic E-state index is 11.8. The summed E-state index contributed by atoms with van der Waals surface area (Å²) in [6, 6.07) is 9.91. The zero-order valence-corrected chi connectivity index (χ0v) is 10.8. The number of hydroxylamine groups is 1. The van der Waals surface area contributed by atoms with Gasteiger partial charge in [-0.25, -0.2) is 4.74 Å². The molecule has 3 heteroatoms. The maximum absolute atomic E-state index is 11.8. The first-order valence-corrected chi connectivity index (χ1v) is 6.83. The molecular formula is C15H21NO2. The van der Waals surface area contributed by atoms with E-state index in [0.717, 1.165) is 23.3 Å². The van der Waals surface area contributed by atoms with Crippen LogP contribution in [0.25, 0.3) is 0 Å². The smallest absolute Gasteiger partial charge is 0.162 e. The summed E-state index contributed by atoms with van der Waals surface area (Å²) in [6.45, 7) is 0.565. The van der Waals surface area contributed by atoms with Crippen molar-refractivity contribution in [1.82, 2.24) is 0 Å². The number of hydrogen-bond acceptors (Lipinski definition) is 2. The molecule has 0 atom stereocenters. The Kier molecular flexibility index (Phi) is 5.06. The van der Waals surface area contributed by atoms with E-state index in [-0.39, 0.29) is 6.04 Å². The highest BCUT2D eigenvalue weighted by molar-refractivity contribution is 5.51. The number of rotatable bonds is 5. The average molecular weight is 247 g/mol. The highest BCUT2D eigenvalue weighted by Crippen LogP contribution is 2.19. The van der Waals surface area contributed by atoms with Crippen molar-refractivity contribution in [2.45, 2.75) is 44.6 Å². The van der Waals surface area contributed by atoms with Crippen LogP contribution in [0.2, 0.25) is 0 Å². The lowest BCUT2D eigenvalue weighted by molar-refractivity contribution is -0.502. The summed E-state index contributed by atoms with van der Waals surface area (Å²) >= 11 is 0. The van der Waals surface area contributed by atoms with Gasteiger partial charge in [0.2, 0.25) is 0 Å². The maximum Gasteiger partial charge on any atom is 0.162 e. The van der Waals surface area contributed by atoms with E-state index in [4.69, 9.17) is 4.74 Å². The zero-order valence-electron chi connectivity index (χ0n) is 10.8. The third-order valence-electron chi connectivity index (χ3n) is 3.37. The van der Waals surface area contributed by atoms with Gasteiger partial charge in [-0.1, -0.05) is 24.6 Å². The zero-order chi connectivity index (χ0) is 12.6. The fourth-order valence-corrected chi connectivity index (χ4v) is 2.36. The van der Waals surface area contributed by atoms with Crippen LogP contribution in [-0.4, -0.2) is 23.6 Å². The van der Waals surface area contributed by atoms with Crippen LogP contribution in [0.5, 0.6) is 5.75 Å². The first kappa shape index (κ1) is 12.9. The fourth-order valence-electron chi connectivity index (χ4n) is 2.36. The van der Waals surface area contributed by atoms with Crippen LogP contribution in [0.1, 0.15) is 38.5 Å². The first-order valence-electron chi connectivity index (χ1n) is 6.83. The Morgan fingerprint density at radius 3 is 2.61 bits per heavy atom. The molecule has 0 amide bonds. The van der Waals surface area contributed by atoms with E-state index in [2.05, 4.69) is 0 Å². The van der Waals surface area contributed by atoms with E-state index in [1.54, 1.807) is 6.21 Å². The van der Waals surface area contributed by atoms with E-state index < -0.39 is 0 Å². The lowest BCUT2D eigenvalue weighted by atomic mass is 9.96. The van der Waals surface area contributed by atoms with Gasteiger partial charge in [-0.05, 0) is 25.0 Å². The Bertz CT molecular complexity index is 369. The second kappa shape index (κ2) is 7.04. The van der Waals surface area contributed by atoms with Gasteiger partial charge >= 0.3 is 0 Å². The highest BCUT2D eigenvalue weighted by Gasteiger charge is 2.18. The molecule has 2 rings (SSSR count). The van der Waals surface area contributed by atoms with Crippen LogP contribution in [0.15, 0.2) is 30.3 Å². The van der Waals surface area contributed by atoms with Crippen LogP contribution in [0, 0.1) is 5.21 Å². The van der Waals surface area contributed by atoms with Crippen molar-refractivity contribution in [1.29, 1.82) is 0 Å². The molecule has 0 unspecified atom stereocenters. The van der Waals surface area contributed by atoms with Gasteiger partial charge in [0, 0.05) is 12.8 Å². The van der Waals surface area contributed by atoms with Crippen molar-refractivity contribution >= 4 is 6.21 Å². The molecule has 1 aromatic carbocycles. The Hall–Kier alpha value is -1.51. The Morgan fingerprint density at radius 2 is 1.89 bits per heavy atom. The lowest BCUT2D eigenvalue weighted by Gasteiger charge is -2.20. The van der Waals surface area contributed by atoms with Crippen molar-refractivity contribution in [3.05, 3.63) is 35.5 Å². The van der Waals surface area contributed by atoms with E-state index in [0.29, 0.717) is 13.0 Å². The molecule has 0 bridgehead atoms. The molecule has 98 valence electrons. The molecule has 1 saturated carbocycles. The van der Waals surface area contributed by atoms with E-state index in [9.17, 15) is 5.21 Å². The third kappa shape index (κ3) is 4.06. The molecule has 1 aliphatic carbocycles. The van der Waals surface area contributed by atoms with Crippen molar-refractivity contribution in [3.8, 4) is 5.75 Å². The van der Waals surface area contributed by atoms with E-state index in [1.807, 2.05) is 30.3 Å². The fraction of sp³-hybridized carbons (Fsp3) is 0.533. The lowest BCUT2D eigenvalue weighted by Crippen LogP contribution is -2.25. The van der Waals surface area contributed by atoms with Crippen LogP contribution < -0.4 is 4.74 Å². The molecule has 1 fully saturated rings. The molecule has 0 heterocycles. The van der Waals surface area contributed by atoms with E-state index in [1.165, 1.54) is 19.3 Å². The predicted octanol–water partition coefficient (Wildman–Crippen LogP) is 3.37. The number of hydrogen-bond donors (Lipinski definition) is 0. The monoisotopic (exact) mass is 247 g/mol.